The van der Waals surface area contributed by atoms with Gasteiger partial charge in [-0.2, -0.15) is 18.3 Å². The summed E-state index contributed by atoms with van der Waals surface area (Å²) >= 11 is 0. The number of aliphatic hydroxyl groups excluding tert-OH is 1. The smallest absolute Gasteiger partial charge is 0.425 e. The molecule has 208 valence electrons. The topological polar surface area (TPSA) is 134 Å². The summed E-state index contributed by atoms with van der Waals surface area (Å²) in [4.78, 5) is 30.6. The van der Waals surface area contributed by atoms with Crippen LogP contribution in [0.25, 0.3) is 22.2 Å². The molecule has 4 aromatic rings. The van der Waals surface area contributed by atoms with Crippen molar-refractivity contribution < 1.29 is 36.6 Å². The fourth-order valence-corrected chi connectivity index (χ4v) is 3.53. The average Bonchev–Trinajstić information content (AvgIpc) is 2.85. The molecule has 0 saturated heterocycles. The number of nitrogens with zero attached hydrogens (tertiary/aromatic N) is 4. The first-order valence-electron chi connectivity index (χ1n) is 11.3. The number of aliphatic hydroxyl groups is 1. The summed E-state index contributed by atoms with van der Waals surface area (Å²) in [5.41, 5.74) is -3.83. The predicted molar refractivity (Wildman–Crippen MR) is 127 cm³/mol. The first-order valence-corrected chi connectivity index (χ1v) is 11.3. The van der Waals surface area contributed by atoms with Crippen molar-refractivity contribution in [3.8, 4) is 17.1 Å². The number of rotatable bonds is 6. The third-order valence-electron chi connectivity index (χ3n) is 5.38. The number of aromatic hydroxyl groups is 1. The highest BCUT2D eigenvalue weighted by molar-refractivity contribution is 5.85. The van der Waals surface area contributed by atoms with Gasteiger partial charge in [0.25, 0.3) is 17.5 Å². The standard InChI is InChI=1S/C19H18F3N3O2.C5H3F3N2O2/c1-2-3-13(26)10-25-5-4-11-6-15(16(20)7-14(11)19(25)27)18-23-8-12(9-24-18)17(21)22;6-5(7,8)3-2(11)1-9-10-4(3)12/h4-9,13,17,26H,2-3,10H2,1H3;1H,(H2,10,11,12). The second-order valence-corrected chi connectivity index (χ2v) is 8.23. The number of aromatic nitrogens is 5. The van der Waals surface area contributed by atoms with E-state index in [-0.39, 0.29) is 28.9 Å². The zero-order chi connectivity index (χ0) is 28.9. The van der Waals surface area contributed by atoms with Crippen LogP contribution in [0.1, 0.15) is 37.3 Å². The van der Waals surface area contributed by atoms with Crippen molar-refractivity contribution in [2.45, 2.75) is 45.0 Å². The molecule has 1 atom stereocenters. The molecule has 4 rings (SSSR count). The first kappa shape index (κ1) is 29.3. The molecule has 0 amide bonds. The fourth-order valence-electron chi connectivity index (χ4n) is 3.53. The molecule has 3 heterocycles. The highest BCUT2D eigenvalue weighted by Gasteiger charge is 2.37. The minimum Gasteiger partial charge on any atom is -0.505 e. The third kappa shape index (κ3) is 6.98. The van der Waals surface area contributed by atoms with Crippen LogP contribution in [0.15, 0.2) is 52.6 Å². The van der Waals surface area contributed by atoms with Crippen LogP contribution in [-0.2, 0) is 12.7 Å². The van der Waals surface area contributed by atoms with Gasteiger partial charge in [0.2, 0.25) is 0 Å². The maximum Gasteiger partial charge on any atom is 0.425 e. The van der Waals surface area contributed by atoms with Crippen LogP contribution in [0, 0.1) is 5.82 Å². The van der Waals surface area contributed by atoms with Crippen LogP contribution < -0.4 is 11.1 Å². The van der Waals surface area contributed by atoms with Gasteiger partial charge in [0, 0.05) is 18.6 Å². The van der Waals surface area contributed by atoms with Crippen LogP contribution in [0.5, 0.6) is 5.75 Å². The van der Waals surface area contributed by atoms with Gasteiger partial charge >= 0.3 is 6.18 Å². The number of hydrogen-bond acceptors (Lipinski definition) is 7. The molecule has 0 aliphatic rings. The number of hydrogen-bond donors (Lipinski definition) is 3. The molecule has 0 aliphatic heterocycles. The zero-order valence-corrected chi connectivity index (χ0v) is 20.1. The monoisotopic (exact) mass is 557 g/mol. The molecule has 1 unspecified atom stereocenters. The molecule has 3 aromatic heterocycles. The molecule has 39 heavy (non-hydrogen) atoms. The fraction of sp³-hybridized carbons (Fsp3) is 0.292. The average molecular weight is 557 g/mol. The van der Waals surface area contributed by atoms with Crippen molar-refractivity contribution in [3.63, 3.8) is 0 Å². The lowest BCUT2D eigenvalue weighted by Gasteiger charge is -2.13. The Morgan fingerprint density at radius 2 is 1.77 bits per heavy atom. The maximum absolute atomic E-state index is 14.5. The Labute approximate surface area is 215 Å². The van der Waals surface area contributed by atoms with Gasteiger partial charge in [-0.25, -0.2) is 28.2 Å². The van der Waals surface area contributed by atoms with Gasteiger partial charge in [0.1, 0.15) is 5.82 Å². The zero-order valence-electron chi connectivity index (χ0n) is 20.1. The number of benzene rings is 1. The summed E-state index contributed by atoms with van der Waals surface area (Å²) in [7, 11) is 0. The summed E-state index contributed by atoms with van der Waals surface area (Å²) in [6, 6.07) is 4.13. The second-order valence-electron chi connectivity index (χ2n) is 8.23. The molecule has 1 aromatic carbocycles. The highest BCUT2D eigenvalue weighted by atomic mass is 19.4. The van der Waals surface area contributed by atoms with Crippen molar-refractivity contribution in [2.75, 3.05) is 0 Å². The predicted octanol–water partition coefficient (Wildman–Crippen LogP) is 4.19. The number of halogens is 6. The second kappa shape index (κ2) is 12.1. The van der Waals surface area contributed by atoms with E-state index in [9.17, 15) is 41.0 Å². The van der Waals surface area contributed by atoms with Gasteiger partial charge in [-0.05, 0) is 30.0 Å². The van der Waals surface area contributed by atoms with Gasteiger partial charge in [0.15, 0.2) is 17.1 Å². The van der Waals surface area contributed by atoms with E-state index in [1.807, 2.05) is 6.92 Å². The van der Waals surface area contributed by atoms with E-state index >= 15 is 0 Å². The summed E-state index contributed by atoms with van der Waals surface area (Å²) in [6.45, 7) is 2.06. The van der Waals surface area contributed by atoms with Gasteiger partial charge in [0.05, 0.1) is 35.4 Å². The van der Waals surface area contributed by atoms with E-state index in [1.54, 1.807) is 11.2 Å². The van der Waals surface area contributed by atoms with Crippen molar-refractivity contribution in [1.82, 2.24) is 24.7 Å². The Bertz CT molecular complexity index is 1550. The Morgan fingerprint density at radius 1 is 1.10 bits per heavy atom. The molecule has 0 radical (unpaired) electrons. The lowest BCUT2D eigenvalue weighted by atomic mass is 10.1. The molecule has 0 saturated carbocycles. The van der Waals surface area contributed by atoms with E-state index < -0.39 is 47.0 Å². The molecule has 0 bridgehead atoms. The Kier molecular flexibility index (Phi) is 9.06. The molecule has 9 nitrogen and oxygen atoms in total. The van der Waals surface area contributed by atoms with Crippen LogP contribution in [-0.4, -0.2) is 41.0 Å². The largest absolute Gasteiger partial charge is 0.505 e. The van der Waals surface area contributed by atoms with Gasteiger partial charge in [-0.1, -0.05) is 13.3 Å². The third-order valence-corrected chi connectivity index (χ3v) is 5.38. The molecule has 15 heteroatoms. The molecule has 0 fully saturated rings. The van der Waals surface area contributed by atoms with Crippen LogP contribution in [0.2, 0.25) is 0 Å². The van der Waals surface area contributed by atoms with E-state index in [4.69, 9.17) is 5.11 Å². The summed E-state index contributed by atoms with van der Waals surface area (Å²) in [5.74, 6) is -1.94. The van der Waals surface area contributed by atoms with Crippen LogP contribution >= 0.6 is 0 Å². The number of alkyl halides is 5. The number of pyridine rings is 1. The minimum atomic E-state index is -4.86. The molecular weight excluding hydrogens is 536 g/mol. The normalized spacial score (nSPS) is 12.3. The van der Waals surface area contributed by atoms with Crippen LogP contribution in [0.3, 0.4) is 0 Å². The number of nitrogens with one attached hydrogen (secondary N) is 1. The van der Waals surface area contributed by atoms with Crippen molar-refractivity contribution in [1.29, 1.82) is 0 Å². The summed E-state index contributed by atoms with van der Waals surface area (Å²) < 4.78 is 76.8. The first-order chi connectivity index (χ1) is 18.3. The van der Waals surface area contributed by atoms with Gasteiger partial charge in [-0.3, -0.25) is 9.59 Å². The van der Waals surface area contributed by atoms with E-state index in [0.29, 0.717) is 18.0 Å². The van der Waals surface area contributed by atoms with Gasteiger partial charge in [-0.15, -0.1) is 0 Å². The number of fused-ring (bicyclic) bond motifs is 1. The lowest BCUT2D eigenvalue weighted by Crippen LogP contribution is -2.26. The SMILES string of the molecule is CCCC(O)Cn1ccc2cc(-c3ncc(C(F)F)cn3)c(F)cc2c1=O.O=c1[nH]ncc(O)c1C(F)(F)F. The highest BCUT2D eigenvalue weighted by Crippen LogP contribution is 2.31. The Hall–Kier alpha value is -4.27. The van der Waals surface area contributed by atoms with Gasteiger partial charge < -0.3 is 14.8 Å². The van der Waals surface area contributed by atoms with Crippen molar-refractivity contribution in [2.24, 2.45) is 0 Å². The summed E-state index contributed by atoms with van der Waals surface area (Å²) in [5, 5.41) is 23.7. The molecule has 0 spiro atoms. The number of aromatic amines is 1. The lowest BCUT2D eigenvalue weighted by molar-refractivity contribution is -0.140. The molecule has 0 aliphatic carbocycles. The summed E-state index contributed by atoms with van der Waals surface area (Å²) in [6.07, 6.45) is -2.93. The van der Waals surface area contributed by atoms with E-state index in [1.165, 1.54) is 16.8 Å². The Morgan fingerprint density at radius 3 is 2.31 bits per heavy atom. The van der Waals surface area contributed by atoms with E-state index in [2.05, 4.69) is 15.1 Å². The van der Waals surface area contributed by atoms with Crippen molar-refractivity contribution in [3.05, 3.63) is 80.6 Å². The number of H-pyrrole nitrogens is 1. The quantitative estimate of drug-likeness (QED) is 0.303. The molecule has 3 N–H and O–H groups in total. The maximum atomic E-state index is 14.5. The Balaban J connectivity index is 0.000000293. The molecular formula is C24H21F6N5O4. The minimum absolute atomic E-state index is 0.0199. The van der Waals surface area contributed by atoms with Crippen molar-refractivity contribution >= 4 is 10.8 Å². The van der Waals surface area contributed by atoms with E-state index in [0.717, 1.165) is 24.9 Å². The van der Waals surface area contributed by atoms with Crippen LogP contribution in [0.4, 0.5) is 26.3 Å².